The van der Waals surface area contributed by atoms with Gasteiger partial charge in [0.15, 0.2) is 0 Å². The van der Waals surface area contributed by atoms with Crippen molar-refractivity contribution in [2.45, 2.75) is 0 Å². The number of hydrogen-bond donors (Lipinski definition) is 0. The molecule has 0 N–H and O–H groups in total. The molecule has 0 unspecified atom stereocenters. The fraction of sp³-hybridized carbons (Fsp3) is 0. The van der Waals surface area contributed by atoms with Gasteiger partial charge in [-0.3, -0.25) is 0 Å². The van der Waals surface area contributed by atoms with E-state index in [-0.39, 0.29) is 0 Å². The summed E-state index contributed by atoms with van der Waals surface area (Å²) in [7, 11) is 0. The number of hydrogen-bond acceptors (Lipinski definition) is 3. The van der Waals surface area contributed by atoms with Crippen molar-refractivity contribution in [3.63, 3.8) is 0 Å². The molecule has 0 aliphatic carbocycles. The van der Waals surface area contributed by atoms with Crippen molar-refractivity contribution in [3.05, 3.63) is 41.8 Å². The molecule has 0 saturated heterocycles. The molecule has 0 fully saturated rings. The summed E-state index contributed by atoms with van der Waals surface area (Å²) in [6, 6.07) is 12.0. The van der Waals surface area contributed by atoms with Crippen LogP contribution in [0.25, 0.3) is 16.0 Å². The Labute approximate surface area is 84.6 Å². The van der Waals surface area contributed by atoms with Gasteiger partial charge in [-0.1, -0.05) is 17.3 Å². The zero-order valence-electron chi connectivity index (χ0n) is 7.29. The Hall–Kier alpha value is -1.68. The second kappa shape index (κ2) is 2.92. The van der Waals surface area contributed by atoms with Crippen molar-refractivity contribution >= 4 is 22.4 Å². The smallest absolute Gasteiger partial charge is 0.120 e. The summed E-state index contributed by atoms with van der Waals surface area (Å²) in [5.41, 5.74) is 1.98. The van der Waals surface area contributed by atoms with E-state index in [9.17, 15) is 0 Å². The van der Waals surface area contributed by atoms with Gasteiger partial charge in [0.25, 0.3) is 0 Å². The van der Waals surface area contributed by atoms with E-state index in [0.717, 1.165) is 16.0 Å². The number of benzene rings is 1. The van der Waals surface area contributed by atoms with Crippen LogP contribution in [0.3, 0.4) is 0 Å². The van der Waals surface area contributed by atoms with Crippen LogP contribution in [0, 0.1) is 0 Å². The number of para-hydroxylation sites is 1. The van der Waals surface area contributed by atoms with Crippen molar-refractivity contribution in [3.8, 4) is 5.00 Å². The standard InChI is InChI=1S/C10H7N3S/c1-2-5-9-8(4-1)11-12-13(9)10-6-3-7-14-10/h1-7H. The molecule has 68 valence electrons. The first kappa shape index (κ1) is 7.70. The van der Waals surface area contributed by atoms with E-state index < -0.39 is 0 Å². The Bertz CT molecular complexity index is 554. The van der Waals surface area contributed by atoms with Crippen LogP contribution in [0.5, 0.6) is 0 Å². The van der Waals surface area contributed by atoms with E-state index in [1.165, 1.54) is 0 Å². The molecule has 0 atom stereocenters. The molecule has 0 bridgehead atoms. The summed E-state index contributed by atoms with van der Waals surface area (Å²) >= 11 is 1.66. The molecule has 14 heavy (non-hydrogen) atoms. The predicted octanol–water partition coefficient (Wildman–Crippen LogP) is 2.48. The van der Waals surface area contributed by atoms with Crippen molar-refractivity contribution in [2.24, 2.45) is 0 Å². The first-order chi connectivity index (χ1) is 6.95. The highest BCUT2D eigenvalue weighted by Gasteiger charge is 2.04. The molecule has 4 heteroatoms. The molecule has 1 aromatic carbocycles. The van der Waals surface area contributed by atoms with Crippen LogP contribution >= 0.6 is 11.3 Å². The maximum Gasteiger partial charge on any atom is 0.120 e. The number of aromatic nitrogens is 3. The number of fused-ring (bicyclic) bond motifs is 1. The maximum atomic E-state index is 4.11. The minimum absolute atomic E-state index is 0.931. The van der Waals surface area contributed by atoms with Gasteiger partial charge in [0.2, 0.25) is 0 Å². The van der Waals surface area contributed by atoms with Crippen LogP contribution in [0.1, 0.15) is 0 Å². The van der Waals surface area contributed by atoms with Crippen molar-refractivity contribution in [1.82, 2.24) is 15.0 Å². The normalized spacial score (nSPS) is 10.9. The Morgan fingerprint density at radius 3 is 2.86 bits per heavy atom. The van der Waals surface area contributed by atoms with E-state index in [1.54, 1.807) is 11.3 Å². The van der Waals surface area contributed by atoms with Crippen LogP contribution in [0.2, 0.25) is 0 Å². The first-order valence-corrected chi connectivity index (χ1v) is 5.17. The van der Waals surface area contributed by atoms with E-state index in [0.29, 0.717) is 0 Å². The Kier molecular flexibility index (Phi) is 1.61. The topological polar surface area (TPSA) is 30.7 Å². The lowest BCUT2D eigenvalue weighted by atomic mass is 10.3. The lowest BCUT2D eigenvalue weighted by Crippen LogP contribution is -1.92. The third-order valence-electron chi connectivity index (χ3n) is 2.07. The molecule has 3 nitrogen and oxygen atoms in total. The molecule has 3 rings (SSSR count). The monoisotopic (exact) mass is 201 g/mol. The van der Waals surface area contributed by atoms with Gasteiger partial charge in [-0.15, -0.1) is 16.4 Å². The molecular weight excluding hydrogens is 194 g/mol. The third kappa shape index (κ3) is 1.04. The summed E-state index contributed by atoms with van der Waals surface area (Å²) in [4.78, 5) is 0. The van der Waals surface area contributed by atoms with Crippen molar-refractivity contribution in [1.29, 1.82) is 0 Å². The van der Waals surface area contributed by atoms with Gasteiger partial charge >= 0.3 is 0 Å². The summed E-state index contributed by atoms with van der Waals surface area (Å²) in [5, 5.41) is 11.3. The molecule has 3 aromatic rings. The van der Waals surface area contributed by atoms with Gasteiger partial charge in [0.1, 0.15) is 10.5 Å². The zero-order valence-corrected chi connectivity index (χ0v) is 8.11. The van der Waals surface area contributed by atoms with Gasteiger partial charge in [-0.05, 0) is 29.6 Å². The number of thiophene rings is 1. The summed E-state index contributed by atoms with van der Waals surface area (Å²) in [5.74, 6) is 0. The molecule has 0 spiro atoms. The van der Waals surface area contributed by atoms with Gasteiger partial charge in [-0.25, -0.2) is 4.68 Å². The molecule has 2 aromatic heterocycles. The van der Waals surface area contributed by atoms with Gasteiger partial charge in [-0.2, -0.15) is 0 Å². The molecule has 2 heterocycles. The lowest BCUT2D eigenvalue weighted by molar-refractivity contribution is 0.835. The van der Waals surface area contributed by atoms with Crippen LogP contribution in [0.4, 0.5) is 0 Å². The van der Waals surface area contributed by atoms with E-state index >= 15 is 0 Å². The fourth-order valence-corrected chi connectivity index (χ4v) is 2.11. The fourth-order valence-electron chi connectivity index (χ4n) is 1.42. The van der Waals surface area contributed by atoms with E-state index in [4.69, 9.17) is 0 Å². The van der Waals surface area contributed by atoms with Crippen LogP contribution in [-0.2, 0) is 0 Å². The molecule has 0 amide bonds. The first-order valence-electron chi connectivity index (χ1n) is 4.29. The third-order valence-corrected chi connectivity index (χ3v) is 2.91. The molecule has 0 aliphatic heterocycles. The second-order valence-electron chi connectivity index (χ2n) is 2.94. The van der Waals surface area contributed by atoms with E-state index in [2.05, 4.69) is 10.3 Å². The summed E-state index contributed by atoms with van der Waals surface area (Å²) < 4.78 is 1.86. The minimum atomic E-state index is 0.931. The van der Waals surface area contributed by atoms with Crippen molar-refractivity contribution < 1.29 is 0 Å². The number of nitrogens with zero attached hydrogens (tertiary/aromatic N) is 3. The highest BCUT2D eigenvalue weighted by molar-refractivity contribution is 7.12. The largest absolute Gasteiger partial charge is 0.203 e. The van der Waals surface area contributed by atoms with Crippen molar-refractivity contribution in [2.75, 3.05) is 0 Å². The van der Waals surface area contributed by atoms with Crippen LogP contribution < -0.4 is 0 Å². The highest BCUT2D eigenvalue weighted by atomic mass is 32.1. The van der Waals surface area contributed by atoms with Gasteiger partial charge in [0, 0.05) is 0 Å². The van der Waals surface area contributed by atoms with Crippen LogP contribution in [0.15, 0.2) is 41.8 Å². The van der Waals surface area contributed by atoms with Crippen LogP contribution in [-0.4, -0.2) is 15.0 Å². The Balaban J connectivity index is 2.33. The lowest BCUT2D eigenvalue weighted by Gasteiger charge is -1.95. The van der Waals surface area contributed by atoms with E-state index in [1.807, 2.05) is 46.5 Å². The molecular formula is C10H7N3S. The Morgan fingerprint density at radius 1 is 1.07 bits per heavy atom. The highest BCUT2D eigenvalue weighted by Crippen LogP contribution is 2.19. The quantitative estimate of drug-likeness (QED) is 0.605. The average molecular weight is 201 g/mol. The molecule has 0 aliphatic rings. The summed E-state index contributed by atoms with van der Waals surface area (Å²) in [6.07, 6.45) is 0. The molecule has 0 radical (unpaired) electrons. The van der Waals surface area contributed by atoms with Gasteiger partial charge < -0.3 is 0 Å². The zero-order chi connectivity index (χ0) is 9.38. The second-order valence-corrected chi connectivity index (χ2v) is 3.87. The maximum absolute atomic E-state index is 4.11. The summed E-state index contributed by atoms with van der Waals surface area (Å²) in [6.45, 7) is 0. The predicted molar refractivity (Wildman–Crippen MR) is 56.7 cm³/mol. The number of rotatable bonds is 1. The minimum Gasteiger partial charge on any atom is -0.203 e. The molecule has 0 saturated carbocycles. The Morgan fingerprint density at radius 2 is 2.00 bits per heavy atom. The average Bonchev–Trinajstić information content (AvgIpc) is 2.85. The van der Waals surface area contributed by atoms with Gasteiger partial charge in [0.05, 0.1) is 5.52 Å². The SMILES string of the molecule is c1csc(-n2nnc3ccccc32)c1.